The Balaban J connectivity index is 1.47. The molecule has 158 valence electrons. The van der Waals surface area contributed by atoms with E-state index < -0.39 is 0 Å². The van der Waals surface area contributed by atoms with Gasteiger partial charge < -0.3 is 14.8 Å². The van der Waals surface area contributed by atoms with Gasteiger partial charge in [0.05, 0.1) is 5.56 Å². The Kier molecular flexibility index (Phi) is 7.25. The Morgan fingerprint density at radius 2 is 2.10 bits per heavy atom. The molecule has 0 radical (unpaired) electrons. The largest absolute Gasteiger partial charge is 0.354 e. The van der Waals surface area contributed by atoms with Gasteiger partial charge in [0, 0.05) is 63.3 Å². The van der Waals surface area contributed by atoms with Gasteiger partial charge in [0.25, 0.3) is 5.91 Å². The summed E-state index contributed by atoms with van der Waals surface area (Å²) in [5.41, 5.74) is 0.611. The summed E-state index contributed by atoms with van der Waals surface area (Å²) < 4.78 is 2.16. The molecule has 1 aliphatic heterocycles. The third-order valence-corrected chi connectivity index (χ3v) is 5.71. The van der Waals surface area contributed by atoms with Gasteiger partial charge in [0.15, 0.2) is 0 Å². The third-order valence-electron chi connectivity index (χ3n) is 5.71. The summed E-state index contributed by atoms with van der Waals surface area (Å²) in [7, 11) is 2.18. The number of rotatable bonds is 8. The summed E-state index contributed by atoms with van der Waals surface area (Å²) in [6, 6.07) is 4.40. The maximum absolute atomic E-state index is 12.4. The van der Waals surface area contributed by atoms with E-state index in [1.165, 1.54) is 0 Å². The van der Waals surface area contributed by atoms with Crippen molar-refractivity contribution in [2.45, 2.75) is 52.1 Å². The van der Waals surface area contributed by atoms with Gasteiger partial charge in [-0.1, -0.05) is 20.8 Å². The van der Waals surface area contributed by atoms with Gasteiger partial charge in [-0.2, -0.15) is 0 Å². The van der Waals surface area contributed by atoms with E-state index in [9.17, 15) is 4.79 Å². The van der Waals surface area contributed by atoms with Crippen LogP contribution < -0.4 is 10.2 Å². The minimum atomic E-state index is -0.0661. The van der Waals surface area contributed by atoms with E-state index in [2.05, 4.69) is 57.5 Å². The molecule has 3 rings (SSSR count). The number of nitrogens with one attached hydrogen (secondary N) is 1. The first-order valence-electron chi connectivity index (χ1n) is 10.7. The zero-order valence-electron chi connectivity index (χ0n) is 18.1. The molecule has 7 heteroatoms. The van der Waals surface area contributed by atoms with Gasteiger partial charge in [-0.25, -0.2) is 9.97 Å². The SMILES string of the molecule is CC[C@@H]1CN(c2ccc(C(=O)NCCCn3ccnc3C(C)C)cn2)CCN1C. The number of pyridine rings is 1. The van der Waals surface area contributed by atoms with Crippen molar-refractivity contribution in [1.29, 1.82) is 0 Å². The standard InChI is InChI=1S/C22H34N6O/c1-5-19-16-28(14-13-26(19)4)20-8-7-18(15-25-20)22(29)24-9-6-11-27-12-10-23-21(27)17(2)3/h7-8,10,12,15,17,19H,5-6,9,11,13-14,16H2,1-4H3,(H,24,29)/t19-/m1/s1. The van der Waals surface area contributed by atoms with Gasteiger partial charge in [-0.3, -0.25) is 9.69 Å². The van der Waals surface area contributed by atoms with Crippen molar-refractivity contribution < 1.29 is 4.79 Å². The molecule has 3 heterocycles. The summed E-state index contributed by atoms with van der Waals surface area (Å²) >= 11 is 0. The molecule has 1 aliphatic rings. The third kappa shape index (κ3) is 5.35. The monoisotopic (exact) mass is 398 g/mol. The van der Waals surface area contributed by atoms with E-state index in [-0.39, 0.29) is 5.91 Å². The molecule has 1 fully saturated rings. The number of hydrogen-bond donors (Lipinski definition) is 1. The molecule has 1 amide bonds. The molecule has 0 aliphatic carbocycles. The Morgan fingerprint density at radius 1 is 1.28 bits per heavy atom. The zero-order chi connectivity index (χ0) is 20.8. The number of carbonyl (C=O) groups excluding carboxylic acids is 1. The number of likely N-dealkylation sites (N-methyl/N-ethyl adjacent to an activating group) is 1. The lowest BCUT2D eigenvalue weighted by atomic mass is 10.1. The smallest absolute Gasteiger partial charge is 0.252 e. The highest BCUT2D eigenvalue weighted by molar-refractivity contribution is 5.94. The maximum atomic E-state index is 12.4. The van der Waals surface area contributed by atoms with Crippen LogP contribution >= 0.6 is 0 Å². The van der Waals surface area contributed by atoms with Crippen molar-refractivity contribution in [3.63, 3.8) is 0 Å². The number of carbonyl (C=O) groups is 1. The molecule has 29 heavy (non-hydrogen) atoms. The minimum absolute atomic E-state index is 0.0661. The van der Waals surface area contributed by atoms with Gasteiger partial charge in [0.1, 0.15) is 11.6 Å². The lowest BCUT2D eigenvalue weighted by molar-refractivity contribution is 0.0952. The molecule has 7 nitrogen and oxygen atoms in total. The van der Waals surface area contributed by atoms with Crippen LogP contribution in [0.3, 0.4) is 0 Å². The summed E-state index contributed by atoms with van der Waals surface area (Å²) in [6.07, 6.45) is 7.53. The first-order chi connectivity index (χ1) is 14.0. The molecular weight excluding hydrogens is 364 g/mol. The summed E-state index contributed by atoms with van der Waals surface area (Å²) in [5, 5.41) is 3.00. The fraction of sp³-hybridized carbons (Fsp3) is 0.591. The fourth-order valence-corrected chi connectivity index (χ4v) is 3.87. The van der Waals surface area contributed by atoms with E-state index in [0.29, 0.717) is 24.1 Å². The Morgan fingerprint density at radius 3 is 2.79 bits per heavy atom. The van der Waals surface area contributed by atoms with E-state index in [1.54, 1.807) is 6.20 Å². The molecule has 0 spiro atoms. The highest BCUT2D eigenvalue weighted by Crippen LogP contribution is 2.18. The number of hydrogen-bond acceptors (Lipinski definition) is 5. The summed E-state index contributed by atoms with van der Waals surface area (Å²) in [6.45, 7) is 11.0. The molecule has 0 saturated carbocycles. The van der Waals surface area contributed by atoms with Gasteiger partial charge in [-0.05, 0) is 32.0 Å². The molecule has 0 aromatic carbocycles. The average molecular weight is 399 g/mol. The van der Waals surface area contributed by atoms with Crippen LogP contribution in [0.15, 0.2) is 30.7 Å². The molecule has 1 N–H and O–H groups in total. The van der Waals surface area contributed by atoms with Gasteiger partial charge in [-0.15, -0.1) is 0 Å². The summed E-state index contributed by atoms with van der Waals surface area (Å²) in [4.78, 5) is 26.1. The van der Waals surface area contributed by atoms with Gasteiger partial charge in [0.2, 0.25) is 0 Å². The second-order valence-corrected chi connectivity index (χ2v) is 8.14. The average Bonchev–Trinajstić information content (AvgIpc) is 3.20. The van der Waals surface area contributed by atoms with Crippen LogP contribution in [0.25, 0.3) is 0 Å². The Hall–Kier alpha value is -2.41. The highest BCUT2D eigenvalue weighted by Gasteiger charge is 2.23. The van der Waals surface area contributed by atoms with Crippen LogP contribution in [0.2, 0.25) is 0 Å². The van der Waals surface area contributed by atoms with Crippen LogP contribution in [0.5, 0.6) is 0 Å². The number of amides is 1. The molecule has 1 atom stereocenters. The second kappa shape index (κ2) is 9.87. The van der Waals surface area contributed by atoms with Crippen molar-refractivity contribution in [3.8, 4) is 0 Å². The topological polar surface area (TPSA) is 66.3 Å². The highest BCUT2D eigenvalue weighted by atomic mass is 16.1. The van der Waals surface area contributed by atoms with Crippen molar-refractivity contribution >= 4 is 11.7 Å². The second-order valence-electron chi connectivity index (χ2n) is 8.14. The predicted octanol–water partition coefficient (Wildman–Crippen LogP) is 2.75. The number of anilines is 1. The number of aromatic nitrogens is 3. The van der Waals surface area contributed by atoms with Crippen LogP contribution in [0.4, 0.5) is 5.82 Å². The summed E-state index contributed by atoms with van der Waals surface area (Å²) in [5.74, 6) is 2.38. The molecule has 1 saturated heterocycles. The van der Waals surface area contributed by atoms with E-state index in [0.717, 1.165) is 50.7 Å². The molecule has 2 aromatic rings. The number of imidazole rings is 1. The molecule has 0 bridgehead atoms. The van der Waals surface area contributed by atoms with Gasteiger partial charge >= 0.3 is 0 Å². The van der Waals surface area contributed by atoms with E-state index in [1.807, 2.05) is 24.5 Å². The van der Waals surface area contributed by atoms with Crippen molar-refractivity contribution in [2.24, 2.45) is 0 Å². The van der Waals surface area contributed by atoms with Crippen molar-refractivity contribution in [3.05, 3.63) is 42.1 Å². The maximum Gasteiger partial charge on any atom is 0.252 e. The number of nitrogens with zero attached hydrogens (tertiary/aromatic N) is 5. The normalized spacial score (nSPS) is 17.7. The zero-order valence-corrected chi connectivity index (χ0v) is 18.1. The number of aryl methyl sites for hydroxylation is 1. The van der Waals surface area contributed by atoms with Crippen molar-refractivity contribution in [1.82, 2.24) is 24.8 Å². The van der Waals surface area contributed by atoms with E-state index >= 15 is 0 Å². The van der Waals surface area contributed by atoms with Crippen LogP contribution in [-0.4, -0.2) is 64.6 Å². The van der Waals surface area contributed by atoms with E-state index in [4.69, 9.17) is 0 Å². The van der Waals surface area contributed by atoms with Crippen LogP contribution in [0, 0.1) is 0 Å². The first kappa shape index (κ1) is 21.3. The molecule has 2 aromatic heterocycles. The van der Waals surface area contributed by atoms with Crippen molar-refractivity contribution in [2.75, 3.05) is 38.1 Å². The Labute approximate surface area is 174 Å². The quantitative estimate of drug-likeness (QED) is 0.693. The number of piperazine rings is 1. The molecule has 0 unspecified atom stereocenters. The lowest BCUT2D eigenvalue weighted by Crippen LogP contribution is -2.51. The predicted molar refractivity (Wildman–Crippen MR) is 116 cm³/mol. The minimum Gasteiger partial charge on any atom is -0.354 e. The lowest BCUT2D eigenvalue weighted by Gasteiger charge is -2.39. The van der Waals surface area contributed by atoms with Crippen LogP contribution in [0.1, 0.15) is 55.7 Å². The fourth-order valence-electron chi connectivity index (χ4n) is 3.87. The first-order valence-corrected chi connectivity index (χ1v) is 10.7. The van der Waals surface area contributed by atoms with Crippen LogP contribution in [-0.2, 0) is 6.54 Å². The molecular formula is C22H34N6O. The Bertz CT molecular complexity index is 785.